The summed E-state index contributed by atoms with van der Waals surface area (Å²) in [6, 6.07) is 28.1. The molecule has 0 fully saturated rings. The molecule has 3 heteroatoms. The highest BCUT2D eigenvalue weighted by Crippen LogP contribution is 2.48. The molecule has 0 aliphatic carbocycles. The fraction of sp³-hybridized carbons (Fsp3) is 0.250. The molecule has 1 aliphatic rings. The summed E-state index contributed by atoms with van der Waals surface area (Å²) in [6.07, 6.45) is 1.17. The van der Waals surface area contributed by atoms with Crippen molar-refractivity contribution in [2.45, 2.75) is 29.7 Å². The first-order valence-electron chi connectivity index (χ1n) is 9.69. The van der Waals surface area contributed by atoms with Crippen molar-refractivity contribution in [3.63, 3.8) is 0 Å². The van der Waals surface area contributed by atoms with Crippen molar-refractivity contribution in [2.24, 2.45) is 5.92 Å². The van der Waals surface area contributed by atoms with Crippen LogP contribution in [0.2, 0.25) is 0 Å². The van der Waals surface area contributed by atoms with Crippen LogP contribution in [0.25, 0.3) is 0 Å². The minimum absolute atomic E-state index is 0.609. The Labute approximate surface area is 166 Å². The van der Waals surface area contributed by atoms with Crippen molar-refractivity contribution >= 4 is 23.1 Å². The molecular formula is C24H26N2S. The zero-order valence-electron chi connectivity index (χ0n) is 15.8. The molecule has 138 valence electrons. The zero-order chi connectivity index (χ0) is 18.5. The van der Waals surface area contributed by atoms with Crippen LogP contribution in [0.1, 0.15) is 18.9 Å². The van der Waals surface area contributed by atoms with E-state index in [0.717, 1.165) is 19.6 Å². The maximum atomic E-state index is 3.59. The second-order valence-electron chi connectivity index (χ2n) is 7.20. The van der Waals surface area contributed by atoms with Crippen molar-refractivity contribution in [1.82, 2.24) is 5.32 Å². The summed E-state index contributed by atoms with van der Waals surface area (Å²) >= 11 is 1.88. The fourth-order valence-electron chi connectivity index (χ4n) is 3.56. The molecule has 3 aromatic rings. The smallest absolute Gasteiger partial charge is 0.0552 e. The summed E-state index contributed by atoms with van der Waals surface area (Å²) < 4.78 is 0. The molecule has 1 heterocycles. The Morgan fingerprint density at radius 3 is 2.07 bits per heavy atom. The zero-order valence-corrected chi connectivity index (χ0v) is 16.6. The second-order valence-corrected chi connectivity index (χ2v) is 8.29. The Bertz CT molecular complexity index is 833. The molecule has 0 amide bonds. The van der Waals surface area contributed by atoms with E-state index in [0.29, 0.717) is 5.92 Å². The molecule has 0 aromatic heterocycles. The van der Waals surface area contributed by atoms with Crippen LogP contribution in [0.3, 0.4) is 0 Å². The average molecular weight is 375 g/mol. The summed E-state index contributed by atoms with van der Waals surface area (Å²) in [6.45, 7) is 5.39. The van der Waals surface area contributed by atoms with Gasteiger partial charge in [0.15, 0.2) is 0 Å². The Morgan fingerprint density at radius 2 is 1.41 bits per heavy atom. The molecule has 1 N–H and O–H groups in total. The van der Waals surface area contributed by atoms with E-state index in [9.17, 15) is 0 Å². The van der Waals surface area contributed by atoms with E-state index in [2.05, 4.69) is 96.0 Å². The van der Waals surface area contributed by atoms with Gasteiger partial charge in [0, 0.05) is 22.9 Å². The summed E-state index contributed by atoms with van der Waals surface area (Å²) in [4.78, 5) is 5.21. The fourth-order valence-corrected chi connectivity index (χ4v) is 4.65. The van der Waals surface area contributed by atoms with Crippen LogP contribution in [0.4, 0.5) is 11.4 Å². The summed E-state index contributed by atoms with van der Waals surface area (Å²) in [5.41, 5.74) is 4.02. The van der Waals surface area contributed by atoms with Crippen LogP contribution in [0.15, 0.2) is 88.7 Å². The van der Waals surface area contributed by atoms with E-state index >= 15 is 0 Å². The molecular weight excluding hydrogens is 348 g/mol. The lowest BCUT2D eigenvalue weighted by Crippen LogP contribution is -2.28. The predicted molar refractivity (Wildman–Crippen MR) is 116 cm³/mol. The maximum absolute atomic E-state index is 3.59. The lowest BCUT2D eigenvalue weighted by atomic mass is 10.1. The number of hydrogen-bond acceptors (Lipinski definition) is 3. The van der Waals surface area contributed by atoms with Gasteiger partial charge in [-0.2, -0.15) is 0 Å². The van der Waals surface area contributed by atoms with Gasteiger partial charge < -0.3 is 10.2 Å². The van der Waals surface area contributed by atoms with Crippen molar-refractivity contribution in [3.8, 4) is 0 Å². The van der Waals surface area contributed by atoms with Gasteiger partial charge in [0.2, 0.25) is 0 Å². The Balaban J connectivity index is 1.38. The molecule has 1 atom stereocenters. The quantitative estimate of drug-likeness (QED) is 0.503. The highest BCUT2D eigenvalue weighted by atomic mass is 32.2. The third-order valence-electron chi connectivity index (χ3n) is 5.01. The number of rotatable bonds is 7. The first kappa shape index (κ1) is 18.1. The molecule has 0 saturated heterocycles. The van der Waals surface area contributed by atoms with E-state index < -0.39 is 0 Å². The molecule has 1 aliphatic heterocycles. The third kappa shape index (κ3) is 4.37. The minimum Gasteiger partial charge on any atom is -0.339 e. The Hall–Kier alpha value is -2.23. The van der Waals surface area contributed by atoms with Gasteiger partial charge in [0.25, 0.3) is 0 Å². The Kier molecular flexibility index (Phi) is 5.81. The van der Waals surface area contributed by atoms with Crippen LogP contribution >= 0.6 is 11.8 Å². The molecule has 1 unspecified atom stereocenters. The van der Waals surface area contributed by atoms with Crippen LogP contribution < -0.4 is 10.2 Å². The minimum atomic E-state index is 0.609. The highest BCUT2D eigenvalue weighted by molar-refractivity contribution is 7.99. The van der Waals surface area contributed by atoms with E-state index in [-0.39, 0.29) is 0 Å². The van der Waals surface area contributed by atoms with Crippen LogP contribution in [-0.2, 0) is 6.54 Å². The maximum Gasteiger partial charge on any atom is 0.0552 e. The van der Waals surface area contributed by atoms with Crippen molar-refractivity contribution < 1.29 is 0 Å². The van der Waals surface area contributed by atoms with Gasteiger partial charge >= 0.3 is 0 Å². The average Bonchev–Trinajstić information content (AvgIpc) is 2.72. The molecule has 4 rings (SSSR count). The molecule has 27 heavy (non-hydrogen) atoms. The largest absolute Gasteiger partial charge is 0.339 e. The standard InChI is InChI=1S/C24H26N2S/c1-19(15-16-25-17-20-9-3-2-4-10-20)18-26-21-11-5-7-13-23(21)27-24-14-8-6-12-22(24)26/h2-14,19,25H,15-18H2,1H3. The molecule has 3 aromatic carbocycles. The van der Waals surface area contributed by atoms with Crippen LogP contribution in [0, 0.1) is 5.92 Å². The SMILES string of the molecule is CC(CCNCc1ccccc1)CN1c2ccccc2Sc2ccccc21. The molecule has 0 radical (unpaired) electrons. The van der Waals surface area contributed by atoms with Crippen molar-refractivity contribution in [2.75, 3.05) is 18.0 Å². The molecule has 0 spiro atoms. The number of nitrogens with one attached hydrogen (secondary N) is 1. The van der Waals surface area contributed by atoms with Gasteiger partial charge in [0.1, 0.15) is 0 Å². The number of anilines is 2. The van der Waals surface area contributed by atoms with Gasteiger partial charge in [-0.3, -0.25) is 0 Å². The van der Waals surface area contributed by atoms with Crippen molar-refractivity contribution in [1.29, 1.82) is 0 Å². The summed E-state index contributed by atoms with van der Waals surface area (Å²) in [5.74, 6) is 0.609. The molecule has 0 bridgehead atoms. The van der Waals surface area contributed by atoms with E-state index in [1.165, 1.54) is 33.2 Å². The summed E-state index contributed by atoms with van der Waals surface area (Å²) in [7, 11) is 0. The molecule has 0 saturated carbocycles. The van der Waals surface area contributed by atoms with Gasteiger partial charge in [-0.1, -0.05) is 73.3 Å². The second kappa shape index (κ2) is 8.64. The number of nitrogens with zero attached hydrogens (tertiary/aromatic N) is 1. The van der Waals surface area contributed by atoms with E-state index in [4.69, 9.17) is 0 Å². The topological polar surface area (TPSA) is 15.3 Å². The van der Waals surface area contributed by atoms with E-state index in [1.807, 2.05) is 11.8 Å². The van der Waals surface area contributed by atoms with Gasteiger partial charge in [0.05, 0.1) is 11.4 Å². The monoisotopic (exact) mass is 374 g/mol. The predicted octanol–water partition coefficient (Wildman–Crippen LogP) is 6.11. The first-order valence-corrected chi connectivity index (χ1v) is 10.5. The van der Waals surface area contributed by atoms with Crippen molar-refractivity contribution in [3.05, 3.63) is 84.4 Å². The number of benzene rings is 3. The highest BCUT2D eigenvalue weighted by Gasteiger charge is 2.23. The normalized spacial score (nSPS) is 13.7. The summed E-state index contributed by atoms with van der Waals surface area (Å²) in [5, 5.41) is 3.59. The van der Waals surface area contributed by atoms with E-state index in [1.54, 1.807) is 0 Å². The van der Waals surface area contributed by atoms with Gasteiger partial charge in [-0.15, -0.1) is 0 Å². The first-order chi connectivity index (χ1) is 13.3. The third-order valence-corrected chi connectivity index (χ3v) is 6.14. The number of hydrogen-bond donors (Lipinski definition) is 1. The van der Waals surface area contributed by atoms with Crippen LogP contribution in [-0.4, -0.2) is 13.1 Å². The lowest BCUT2D eigenvalue weighted by molar-refractivity contribution is 0.504. The number of para-hydroxylation sites is 2. The van der Waals surface area contributed by atoms with Crippen LogP contribution in [0.5, 0.6) is 0 Å². The number of fused-ring (bicyclic) bond motifs is 2. The molecule has 2 nitrogen and oxygen atoms in total. The lowest BCUT2D eigenvalue weighted by Gasteiger charge is -2.34. The van der Waals surface area contributed by atoms with Gasteiger partial charge in [-0.05, 0) is 48.7 Å². The Morgan fingerprint density at radius 1 is 0.815 bits per heavy atom. The van der Waals surface area contributed by atoms with Gasteiger partial charge in [-0.25, -0.2) is 0 Å².